The molecule has 1 saturated heterocycles. The average Bonchev–Trinajstić information content (AvgIpc) is 2.33. The Morgan fingerprint density at radius 3 is 2.87 bits per heavy atom. The summed E-state index contributed by atoms with van der Waals surface area (Å²) in [5.74, 6) is 0. The summed E-state index contributed by atoms with van der Waals surface area (Å²) in [7, 11) is 0. The van der Waals surface area contributed by atoms with Gasteiger partial charge in [0.25, 0.3) is 0 Å². The topological polar surface area (TPSA) is 28.2 Å². The molecular weight excluding hydrogens is 193 g/mol. The molecule has 0 radical (unpaired) electrons. The van der Waals surface area contributed by atoms with Crippen molar-refractivity contribution in [1.29, 1.82) is 0 Å². The van der Waals surface area contributed by atoms with Crippen molar-refractivity contribution in [3.8, 4) is 0 Å². The number of piperazine rings is 1. The number of hydrogen-bond acceptors (Lipinski definition) is 3. The number of nitrogens with zero attached hydrogens (tertiary/aromatic N) is 2. The summed E-state index contributed by atoms with van der Waals surface area (Å²) in [4.78, 5) is 6.21. The molecule has 1 fully saturated rings. The number of halogens is 1. The normalized spacial score (nSPS) is 20.1. The van der Waals surface area contributed by atoms with Crippen LogP contribution in [-0.4, -0.2) is 42.7 Å². The number of aromatic nitrogens is 1. The minimum absolute atomic E-state index is 0.124. The number of alkyl halides is 1. The highest BCUT2D eigenvalue weighted by molar-refractivity contribution is 5.14. The third kappa shape index (κ3) is 2.52. The van der Waals surface area contributed by atoms with Crippen molar-refractivity contribution in [2.75, 3.05) is 32.9 Å². The number of rotatable bonds is 3. The van der Waals surface area contributed by atoms with E-state index in [0.29, 0.717) is 0 Å². The molecule has 0 aromatic carbocycles. The second-order valence-electron chi connectivity index (χ2n) is 3.74. The minimum atomic E-state index is -0.342. The van der Waals surface area contributed by atoms with Crippen LogP contribution in [0.5, 0.6) is 0 Å². The van der Waals surface area contributed by atoms with Gasteiger partial charge in [-0.3, -0.25) is 9.88 Å². The van der Waals surface area contributed by atoms with Gasteiger partial charge in [0, 0.05) is 38.6 Å². The molecule has 0 saturated carbocycles. The average molecular weight is 209 g/mol. The molecule has 82 valence electrons. The van der Waals surface area contributed by atoms with E-state index >= 15 is 0 Å². The van der Waals surface area contributed by atoms with Crippen LogP contribution in [-0.2, 0) is 0 Å². The largest absolute Gasteiger partial charge is 0.314 e. The first-order valence-electron chi connectivity index (χ1n) is 5.32. The Hall–Kier alpha value is -1.00. The standard InChI is InChI=1S/C11H16FN3/c12-8-11(10-2-1-3-14-9-10)15-6-4-13-5-7-15/h1-3,9,11,13H,4-8H2/t11-/m1/s1. The first-order valence-corrected chi connectivity index (χ1v) is 5.32. The molecule has 15 heavy (non-hydrogen) atoms. The number of pyridine rings is 1. The lowest BCUT2D eigenvalue weighted by atomic mass is 10.1. The molecule has 2 rings (SSSR count). The van der Waals surface area contributed by atoms with Gasteiger partial charge in [-0.25, -0.2) is 4.39 Å². The summed E-state index contributed by atoms with van der Waals surface area (Å²) in [6.07, 6.45) is 3.48. The Balaban J connectivity index is 2.09. The predicted molar refractivity (Wildman–Crippen MR) is 57.4 cm³/mol. The summed E-state index contributed by atoms with van der Waals surface area (Å²) in [5, 5.41) is 3.27. The van der Waals surface area contributed by atoms with Crippen LogP contribution in [0.3, 0.4) is 0 Å². The van der Waals surface area contributed by atoms with Gasteiger partial charge in [0.15, 0.2) is 0 Å². The van der Waals surface area contributed by atoms with Gasteiger partial charge in [-0.2, -0.15) is 0 Å². The van der Waals surface area contributed by atoms with Gasteiger partial charge in [0.05, 0.1) is 6.04 Å². The lowest BCUT2D eigenvalue weighted by molar-refractivity contribution is 0.147. The van der Waals surface area contributed by atoms with Crippen molar-refractivity contribution in [3.05, 3.63) is 30.1 Å². The molecule has 0 unspecified atom stereocenters. The first kappa shape index (κ1) is 10.5. The zero-order valence-electron chi connectivity index (χ0n) is 8.69. The second-order valence-corrected chi connectivity index (χ2v) is 3.74. The van der Waals surface area contributed by atoms with E-state index in [1.807, 2.05) is 12.1 Å². The predicted octanol–water partition coefficient (Wildman–Crippen LogP) is 0.997. The zero-order chi connectivity index (χ0) is 10.5. The van der Waals surface area contributed by atoms with Crippen molar-refractivity contribution in [3.63, 3.8) is 0 Å². The Bertz CT molecular complexity index is 285. The molecule has 4 heteroatoms. The molecule has 1 atom stereocenters. The molecule has 0 aliphatic carbocycles. The van der Waals surface area contributed by atoms with Crippen LogP contribution in [0.15, 0.2) is 24.5 Å². The zero-order valence-corrected chi connectivity index (χ0v) is 8.69. The maximum atomic E-state index is 13.0. The first-order chi connectivity index (χ1) is 7.42. The third-order valence-corrected chi connectivity index (χ3v) is 2.81. The summed E-state index contributed by atoms with van der Waals surface area (Å²) < 4.78 is 13.0. The van der Waals surface area contributed by atoms with Crippen molar-refractivity contribution in [2.24, 2.45) is 0 Å². The van der Waals surface area contributed by atoms with E-state index in [2.05, 4.69) is 15.2 Å². The molecule has 1 N–H and O–H groups in total. The lowest BCUT2D eigenvalue weighted by Gasteiger charge is -2.33. The fourth-order valence-electron chi connectivity index (χ4n) is 1.96. The van der Waals surface area contributed by atoms with Gasteiger partial charge in [0.2, 0.25) is 0 Å². The molecule has 1 aromatic heterocycles. The minimum Gasteiger partial charge on any atom is -0.314 e. The van der Waals surface area contributed by atoms with Crippen LogP contribution >= 0.6 is 0 Å². The van der Waals surface area contributed by atoms with Crippen molar-refractivity contribution < 1.29 is 4.39 Å². The summed E-state index contributed by atoms with van der Waals surface area (Å²) in [6, 6.07) is 3.68. The highest BCUT2D eigenvalue weighted by Gasteiger charge is 2.21. The molecule has 3 nitrogen and oxygen atoms in total. The molecular formula is C11H16FN3. The Morgan fingerprint density at radius 2 is 2.27 bits per heavy atom. The van der Waals surface area contributed by atoms with Crippen molar-refractivity contribution >= 4 is 0 Å². The monoisotopic (exact) mass is 209 g/mol. The van der Waals surface area contributed by atoms with Crippen molar-refractivity contribution in [1.82, 2.24) is 15.2 Å². The van der Waals surface area contributed by atoms with E-state index in [1.165, 1.54) is 0 Å². The maximum absolute atomic E-state index is 13.0. The van der Waals surface area contributed by atoms with Gasteiger partial charge in [-0.1, -0.05) is 6.07 Å². The van der Waals surface area contributed by atoms with Crippen molar-refractivity contribution in [2.45, 2.75) is 6.04 Å². The quantitative estimate of drug-likeness (QED) is 0.805. The molecule has 2 heterocycles. The Labute approximate surface area is 89.3 Å². The van der Waals surface area contributed by atoms with Crippen LogP contribution in [0.2, 0.25) is 0 Å². The second kappa shape index (κ2) is 5.19. The van der Waals surface area contributed by atoms with Crippen LogP contribution < -0.4 is 5.32 Å². The van der Waals surface area contributed by atoms with E-state index in [-0.39, 0.29) is 12.7 Å². The van der Waals surface area contributed by atoms with Crippen LogP contribution in [0.25, 0.3) is 0 Å². The SMILES string of the molecule is FC[C@H](c1cccnc1)N1CCNCC1. The van der Waals surface area contributed by atoms with E-state index in [1.54, 1.807) is 12.4 Å². The molecule has 1 aliphatic heterocycles. The highest BCUT2D eigenvalue weighted by atomic mass is 19.1. The summed E-state index contributed by atoms with van der Waals surface area (Å²) in [6.45, 7) is 3.35. The van der Waals surface area contributed by atoms with E-state index in [9.17, 15) is 4.39 Å². The lowest BCUT2D eigenvalue weighted by Crippen LogP contribution is -2.45. The van der Waals surface area contributed by atoms with E-state index in [0.717, 1.165) is 31.7 Å². The highest BCUT2D eigenvalue weighted by Crippen LogP contribution is 2.20. The van der Waals surface area contributed by atoms with Crippen LogP contribution in [0.4, 0.5) is 4.39 Å². The number of hydrogen-bond donors (Lipinski definition) is 1. The molecule has 0 spiro atoms. The summed E-state index contributed by atoms with van der Waals surface area (Å²) in [5.41, 5.74) is 0.974. The van der Waals surface area contributed by atoms with Gasteiger partial charge < -0.3 is 5.32 Å². The smallest absolute Gasteiger partial charge is 0.109 e. The molecule has 1 aliphatic rings. The van der Waals surface area contributed by atoms with Gasteiger partial charge in [-0.05, 0) is 11.6 Å². The van der Waals surface area contributed by atoms with Gasteiger partial charge in [0.1, 0.15) is 6.67 Å². The van der Waals surface area contributed by atoms with E-state index in [4.69, 9.17) is 0 Å². The van der Waals surface area contributed by atoms with E-state index < -0.39 is 0 Å². The molecule has 0 bridgehead atoms. The molecule has 1 aromatic rings. The van der Waals surface area contributed by atoms with Gasteiger partial charge >= 0.3 is 0 Å². The maximum Gasteiger partial charge on any atom is 0.109 e. The number of nitrogens with one attached hydrogen (secondary N) is 1. The Morgan fingerprint density at radius 1 is 1.47 bits per heavy atom. The van der Waals surface area contributed by atoms with Crippen LogP contribution in [0, 0.1) is 0 Å². The Kier molecular flexibility index (Phi) is 3.64. The third-order valence-electron chi connectivity index (χ3n) is 2.81. The fourth-order valence-corrected chi connectivity index (χ4v) is 1.96. The van der Waals surface area contributed by atoms with Gasteiger partial charge in [-0.15, -0.1) is 0 Å². The summed E-state index contributed by atoms with van der Waals surface area (Å²) >= 11 is 0. The fraction of sp³-hybridized carbons (Fsp3) is 0.545. The van der Waals surface area contributed by atoms with Crippen LogP contribution in [0.1, 0.15) is 11.6 Å². The molecule has 0 amide bonds.